The van der Waals surface area contributed by atoms with E-state index in [2.05, 4.69) is 5.32 Å². The summed E-state index contributed by atoms with van der Waals surface area (Å²) in [7, 11) is 1.53. The summed E-state index contributed by atoms with van der Waals surface area (Å²) >= 11 is 6.12. The number of nitrogens with one attached hydrogen (secondary N) is 1. The number of halogens is 1. The van der Waals surface area contributed by atoms with Crippen LogP contribution in [0, 0.1) is 17.0 Å². The highest BCUT2D eigenvalue weighted by Crippen LogP contribution is 2.27. The molecule has 0 heterocycles. The number of hydrogen-bond acceptors (Lipinski definition) is 4. The van der Waals surface area contributed by atoms with Crippen molar-refractivity contribution in [1.82, 2.24) is 0 Å². The predicted molar refractivity (Wildman–Crippen MR) is 83.2 cm³/mol. The molecule has 0 saturated carbocycles. The maximum Gasteiger partial charge on any atom is 0.270 e. The first-order valence-corrected chi connectivity index (χ1v) is 6.70. The lowest BCUT2D eigenvalue weighted by Crippen LogP contribution is -2.03. The molecule has 2 aromatic carbocycles. The number of methoxy groups -OCH3 is 1. The van der Waals surface area contributed by atoms with E-state index in [0.717, 1.165) is 11.3 Å². The molecule has 6 heteroatoms. The normalized spacial score (nSPS) is 10.2. The highest BCUT2D eigenvalue weighted by atomic mass is 35.5. The van der Waals surface area contributed by atoms with Crippen molar-refractivity contribution >= 4 is 23.0 Å². The molecular weight excluding hydrogens is 292 g/mol. The Morgan fingerprint density at radius 2 is 2.05 bits per heavy atom. The third-order valence-corrected chi connectivity index (χ3v) is 3.40. The molecule has 0 amide bonds. The molecule has 0 spiro atoms. The van der Waals surface area contributed by atoms with Crippen LogP contribution in [0.5, 0.6) is 5.75 Å². The van der Waals surface area contributed by atoms with Crippen molar-refractivity contribution in [1.29, 1.82) is 0 Å². The molecule has 0 atom stereocenters. The summed E-state index contributed by atoms with van der Waals surface area (Å²) < 4.78 is 5.23. The van der Waals surface area contributed by atoms with Crippen molar-refractivity contribution in [2.75, 3.05) is 12.4 Å². The Bertz CT molecular complexity index is 674. The van der Waals surface area contributed by atoms with Gasteiger partial charge in [-0.15, -0.1) is 0 Å². The van der Waals surface area contributed by atoms with Crippen molar-refractivity contribution in [2.45, 2.75) is 13.5 Å². The molecule has 0 saturated heterocycles. The van der Waals surface area contributed by atoms with Gasteiger partial charge in [0.2, 0.25) is 0 Å². The third-order valence-electron chi connectivity index (χ3n) is 3.07. The first kappa shape index (κ1) is 15.1. The van der Waals surface area contributed by atoms with Gasteiger partial charge in [0.05, 0.1) is 22.7 Å². The molecule has 21 heavy (non-hydrogen) atoms. The van der Waals surface area contributed by atoms with E-state index in [4.69, 9.17) is 16.3 Å². The lowest BCUT2D eigenvalue weighted by molar-refractivity contribution is -0.384. The van der Waals surface area contributed by atoms with E-state index in [1.807, 2.05) is 25.1 Å². The van der Waals surface area contributed by atoms with Crippen LogP contribution in [0.2, 0.25) is 5.02 Å². The zero-order valence-electron chi connectivity index (χ0n) is 11.7. The van der Waals surface area contributed by atoms with E-state index in [-0.39, 0.29) is 5.69 Å². The molecule has 2 rings (SSSR count). The van der Waals surface area contributed by atoms with Crippen LogP contribution in [0.15, 0.2) is 36.4 Å². The molecule has 0 aromatic heterocycles. The molecule has 0 bridgehead atoms. The second kappa shape index (κ2) is 6.45. The fraction of sp³-hybridized carbons (Fsp3) is 0.200. The van der Waals surface area contributed by atoms with E-state index < -0.39 is 4.92 Å². The minimum atomic E-state index is -0.428. The van der Waals surface area contributed by atoms with Crippen molar-refractivity contribution in [3.63, 3.8) is 0 Å². The summed E-state index contributed by atoms with van der Waals surface area (Å²) in [6, 6.07) is 10.2. The number of nitro groups is 1. The molecular formula is C15H15ClN2O3. The molecule has 0 aliphatic rings. The molecule has 0 aliphatic carbocycles. The number of nitrogens with zero attached hydrogens (tertiary/aromatic N) is 1. The van der Waals surface area contributed by atoms with Crippen molar-refractivity contribution in [3.05, 3.63) is 62.7 Å². The number of rotatable bonds is 5. The molecule has 110 valence electrons. The number of aryl methyl sites for hydroxylation is 1. The van der Waals surface area contributed by atoms with Gasteiger partial charge in [-0.25, -0.2) is 0 Å². The molecule has 2 aromatic rings. The minimum Gasteiger partial charge on any atom is -0.496 e. The summed E-state index contributed by atoms with van der Waals surface area (Å²) in [4.78, 5) is 10.4. The SMILES string of the molecule is COc1ccc([N+](=O)[O-])cc1CNc1cc(C)ccc1Cl. The second-order valence-electron chi connectivity index (χ2n) is 4.59. The fourth-order valence-electron chi connectivity index (χ4n) is 1.98. The van der Waals surface area contributed by atoms with Gasteiger partial charge < -0.3 is 10.1 Å². The summed E-state index contributed by atoms with van der Waals surface area (Å²) in [5.74, 6) is 0.594. The van der Waals surface area contributed by atoms with Gasteiger partial charge in [-0.05, 0) is 30.7 Å². The van der Waals surface area contributed by atoms with Gasteiger partial charge in [-0.3, -0.25) is 10.1 Å². The number of hydrogen-bond donors (Lipinski definition) is 1. The van der Waals surface area contributed by atoms with Gasteiger partial charge in [0.1, 0.15) is 5.75 Å². The smallest absolute Gasteiger partial charge is 0.270 e. The number of ether oxygens (including phenoxy) is 1. The average Bonchev–Trinajstić information content (AvgIpc) is 2.47. The van der Waals surface area contributed by atoms with Crippen LogP contribution in [-0.4, -0.2) is 12.0 Å². The standard InChI is InChI=1S/C15H15ClN2O3/c1-10-3-5-13(16)14(7-10)17-9-11-8-12(18(19)20)4-6-15(11)21-2/h3-8,17H,9H2,1-2H3. The maximum absolute atomic E-state index is 10.8. The Labute approximate surface area is 127 Å². The molecule has 0 radical (unpaired) electrons. The minimum absolute atomic E-state index is 0.0305. The van der Waals surface area contributed by atoms with Gasteiger partial charge >= 0.3 is 0 Å². The number of nitro benzene ring substituents is 1. The van der Waals surface area contributed by atoms with Crippen LogP contribution in [0.1, 0.15) is 11.1 Å². The lowest BCUT2D eigenvalue weighted by Gasteiger charge is -2.12. The van der Waals surface area contributed by atoms with E-state index in [1.165, 1.54) is 19.2 Å². The molecule has 0 fully saturated rings. The first-order chi connectivity index (χ1) is 10.0. The second-order valence-corrected chi connectivity index (χ2v) is 5.00. The van der Waals surface area contributed by atoms with Crippen LogP contribution >= 0.6 is 11.6 Å². The number of anilines is 1. The Morgan fingerprint density at radius 1 is 1.29 bits per heavy atom. The average molecular weight is 307 g/mol. The van der Waals surface area contributed by atoms with Gasteiger partial charge in [0, 0.05) is 24.2 Å². The van der Waals surface area contributed by atoms with Crippen LogP contribution in [-0.2, 0) is 6.54 Å². The van der Waals surface area contributed by atoms with E-state index >= 15 is 0 Å². The third kappa shape index (κ3) is 3.64. The molecule has 0 aliphatic heterocycles. The Kier molecular flexibility index (Phi) is 4.65. The van der Waals surface area contributed by atoms with Gasteiger partial charge in [-0.1, -0.05) is 17.7 Å². The van der Waals surface area contributed by atoms with Crippen molar-refractivity contribution in [2.24, 2.45) is 0 Å². The Morgan fingerprint density at radius 3 is 2.71 bits per heavy atom. The number of non-ortho nitro benzene ring substituents is 1. The zero-order chi connectivity index (χ0) is 15.4. The van der Waals surface area contributed by atoms with E-state index in [9.17, 15) is 10.1 Å². The maximum atomic E-state index is 10.8. The van der Waals surface area contributed by atoms with Gasteiger partial charge in [0.15, 0.2) is 0 Å². The Balaban J connectivity index is 2.24. The van der Waals surface area contributed by atoms with E-state index in [0.29, 0.717) is 22.9 Å². The topological polar surface area (TPSA) is 64.4 Å². The predicted octanol–water partition coefficient (Wildman–Crippen LogP) is 4.18. The molecule has 0 unspecified atom stereocenters. The first-order valence-electron chi connectivity index (χ1n) is 6.32. The summed E-state index contributed by atoms with van der Waals surface area (Å²) in [6.45, 7) is 2.35. The fourth-order valence-corrected chi connectivity index (χ4v) is 2.17. The van der Waals surface area contributed by atoms with Crippen LogP contribution in [0.25, 0.3) is 0 Å². The summed E-state index contributed by atoms with van der Waals surface area (Å²) in [5, 5.41) is 14.6. The zero-order valence-corrected chi connectivity index (χ0v) is 12.5. The largest absolute Gasteiger partial charge is 0.496 e. The summed E-state index contributed by atoms with van der Waals surface area (Å²) in [6.07, 6.45) is 0. The quantitative estimate of drug-likeness (QED) is 0.665. The van der Waals surface area contributed by atoms with Crippen LogP contribution < -0.4 is 10.1 Å². The highest BCUT2D eigenvalue weighted by molar-refractivity contribution is 6.33. The summed E-state index contributed by atoms with van der Waals surface area (Å²) in [5.41, 5.74) is 2.59. The van der Waals surface area contributed by atoms with Crippen molar-refractivity contribution < 1.29 is 9.66 Å². The molecule has 1 N–H and O–H groups in total. The highest BCUT2D eigenvalue weighted by Gasteiger charge is 2.11. The van der Waals surface area contributed by atoms with Gasteiger partial charge in [-0.2, -0.15) is 0 Å². The van der Waals surface area contributed by atoms with Crippen molar-refractivity contribution in [3.8, 4) is 5.75 Å². The van der Waals surface area contributed by atoms with E-state index in [1.54, 1.807) is 6.07 Å². The monoisotopic (exact) mass is 306 g/mol. The Hall–Kier alpha value is -2.27. The van der Waals surface area contributed by atoms with Crippen LogP contribution in [0.4, 0.5) is 11.4 Å². The lowest BCUT2D eigenvalue weighted by atomic mass is 10.1. The van der Waals surface area contributed by atoms with Gasteiger partial charge in [0.25, 0.3) is 5.69 Å². The number of benzene rings is 2. The van der Waals surface area contributed by atoms with Crippen LogP contribution in [0.3, 0.4) is 0 Å². The molecule has 5 nitrogen and oxygen atoms in total.